The van der Waals surface area contributed by atoms with Crippen LogP contribution in [0.15, 0.2) is 29.0 Å². The summed E-state index contributed by atoms with van der Waals surface area (Å²) < 4.78 is 0. The number of allylic oxidation sites excluding steroid dienone is 2. The first-order valence-electron chi connectivity index (χ1n) is 8.56. The van der Waals surface area contributed by atoms with Gasteiger partial charge in [-0.15, -0.1) is 0 Å². The van der Waals surface area contributed by atoms with Crippen LogP contribution in [0.5, 0.6) is 5.75 Å². The van der Waals surface area contributed by atoms with Crippen molar-refractivity contribution in [1.82, 2.24) is 0 Å². The number of aliphatic hydroxyl groups excluding tert-OH is 2. The fraction of sp³-hybridized carbons (Fsp3) is 0.350. The van der Waals surface area contributed by atoms with E-state index in [2.05, 4.69) is 0 Å². The van der Waals surface area contributed by atoms with E-state index in [4.69, 9.17) is 11.5 Å². The van der Waals surface area contributed by atoms with E-state index in [9.17, 15) is 29.7 Å². The maximum absolute atomic E-state index is 13.1. The van der Waals surface area contributed by atoms with Crippen molar-refractivity contribution in [2.75, 3.05) is 5.73 Å². The van der Waals surface area contributed by atoms with Gasteiger partial charge in [0.1, 0.15) is 22.8 Å². The second-order valence-corrected chi connectivity index (χ2v) is 7.29. The highest BCUT2D eigenvalue weighted by molar-refractivity contribution is 6.21. The van der Waals surface area contributed by atoms with Crippen molar-refractivity contribution >= 4 is 28.9 Å². The summed E-state index contributed by atoms with van der Waals surface area (Å²) in [5.74, 6) is -5.47. The second kappa shape index (κ2) is 6.40. The summed E-state index contributed by atoms with van der Waals surface area (Å²) in [4.78, 5) is 36.8. The zero-order valence-corrected chi connectivity index (χ0v) is 14.2. The van der Waals surface area contributed by atoms with Crippen molar-refractivity contribution in [3.05, 3.63) is 40.2 Å². The van der Waals surface area contributed by atoms with Crippen LogP contribution in [0.3, 0.4) is 0 Å². The number of nitrogens with two attached hydrogens (primary N) is 2. The van der Waals surface area contributed by atoms with Crippen molar-refractivity contribution < 1.29 is 29.7 Å². The van der Waals surface area contributed by atoms with Crippen LogP contribution in [-0.4, -0.2) is 32.8 Å². The Balaban J connectivity index is 0.00000225. The summed E-state index contributed by atoms with van der Waals surface area (Å²) in [7, 11) is 0. The van der Waals surface area contributed by atoms with Crippen LogP contribution in [0.1, 0.15) is 31.4 Å². The van der Waals surface area contributed by atoms with Gasteiger partial charge in [0.25, 0.3) is 5.91 Å². The molecule has 148 valence electrons. The van der Waals surface area contributed by atoms with Crippen molar-refractivity contribution in [2.24, 2.45) is 23.5 Å². The molecule has 4 rings (SSSR count). The van der Waals surface area contributed by atoms with Crippen LogP contribution in [-0.2, 0) is 20.8 Å². The number of aromatic hydroxyl groups is 1. The van der Waals surface area contributed by atoms with Gasteiger partial charge < -0.3 is 26.8 Å². The van der Waals surface area contributed by atoms with E-state index in [0.29, 0.717) is 18.4 Å². The maximum Gasteiger partial charge on any atom is 0.255 e. The van der Waals surface area contributed by atoms with Gasteiger partial charge in [0, 0.05) is 12.0 Å². The second-order valence-electron chi connectivity index (χ2n) is 7.29. The summed E-state index contributed by atoms with van der Waals surface area (Å²) in [5, 5.41) is 31.4. The van der Waals surface area contributed by atoms with E-state index >= 15 is 0 Å². The van der Waals surface area contributed by atoms with Crippen LogP contribution < -0.4 is 11.5 Å². The summed E-state index contributed by atoms with van der Waals surface area (Å²) in [6.07, 6.45) is 0.699. The number of phenols is 1. The minimum atomic E-state index is -1.11. The van der Waals surface area contributed by atoms with Gasteiger partial charge in [-0.05, 0) is 36.3 Å². The Labute approximate surface area is 161 Å². The number of hydrogen-bond donors (Lipinski definition) is 5. The van der Waals surface area contributed by atoms with Gasteiger partial charge >= 0.3 is 0 Å². The number of benzene rings is 1. The van der Waals surface area contributed by atoms with E-state index < -0.39 is 40.6 Å². The molecular weight excluding hydrogens is 364 g/mol. The van der Waals surface area contributed by atoms with E-state index in [1.165, 1.54) is 6.07 Å². The van der Waals surface area contributed by atoms with Gasteiger partial charge in [-0.25, -0.2) is 0 Å². The summed E-state index contributed by atoms with van der Waals surface area (Å²) >= 11 is 0. The highest BCUT2D eigenvalue weighted by atomic mass is 16.3. The van der Waals surface area contributed by atoms with E-state index in [-0.39, 0.29) is 48.1 Å². The molecule has 3 aliphatic carbocycles. The predicted molar refractivity (Wildman–Crippen MR) is 101 cm³/mol. The lowest BCUT2D eigenvalue weighted by Gasteiger charge is -2.41. The molecule has 1 amide bonds. The fourth-order valence-electron chi connectivity index (χ4n) is 4.63. The number of Topliss-reactive ketones (excluding diaryl/α,β-unsaturated/α-hetero) is 2. The van der Waals surface area contributed by atoms with Crippen molar-refractivity contribution in [3.63, 3.8) is 0 Å². The van der Waals surface area contributed by atoms with Crippen LogP contribution in [0.25, 0.3) is 5.76 Å². The number of aliphatic hydroxyl groups is 2. The average Bonchev–Trinajstić information content (AvgIpc) is 2.57. The smallest absolute Gasteiger partial charge is 0.255 e. The standard InChI is InChI=1S/C19H18N2O6.CH4/c20-9-2-1-6-3-7-4-8-5-10(22)14(19(21)27)18(26)13(8)17(25)12(7)16(24)11(6)15(9)23;/h1-2,7-8,13,23-24,26H,3-5,20H2,(H2,21,27);1H4. The Hall–Kier alpha value is -3.29. The Morgan fingerprint density at radius 2 is 1.79 bits per heavy atom. The molecule has 1 fully saturated rings. The molecule has 3 atom stereocenters. The van der Waals surface area contributed by atoms with Gasteiger partial charge in [0.15, 0.2) is 11.6 Å². The molecule has 0 radical (unpaired) electrons. The number of ketones is 2. The third-order valence-electron chi connectivity index (χ3n) is 5.79. The van der Waals surface area contributed by atoms with Gasteiger partial charge in [0.05, 0.1) is 17.2 Å². The molecule has 1 aromatic carbocycles. The van der Waals surface area contributed by atoms with E-state index in [0.717, 1.165) is 0 Å². The number of primary amides is 1. The number of hydrogen-bond acceptors (Lipinski definition) is 7. The molecule has 28 heavy (non-hydrogen) atoms. The van der Waals surface area contributed by atoms with Gasteiger partial charge in [-0.1, -0.05) is 13.5 Å². The first-order valence-corrected chi connectivity index (χ1v) is 8.56. The average molecular weight is 386 g/mol. The quantitative estimate of drug-likeness (QED) is 0.277. The van der Waals surface area contributed by atoms with Crippen LogP contribution in [0.4, 0.5) is 5.69 Å². The minimum Gasteiger partial charge on any atom is -0.511 e. The molecule has 1 saturated carbocycles. The zero-order chi connectivity index (χ0) is 19.6. The molecule has 0 spiro atoms. The Morgan fingerprint density at radius 3 is 2.43 bits per heavy atom. The highest BCUT2D eigenvalue weighted by Gasteiger charge is 2.50. The first-order chi connectivity index (χ1) is 12.7. The Morgan fingerprint density at radius 1 is 1.11 bits per heavy atom. The lowest BCUT2D eigenvalue weighted by Crippen LogP contribution is -2.44. The SMILES string of the molecule is C.NC(=O)C1=C(O)C2C(=O)C3=C(O)c4c(ccc(N)c4O)CC3CC2CC1=O. The number of rotatable bonds is 1. The number of anilines is 1. The Kier molecular flexibility index (Phi) is 4.45. The highest BCUT2D eigenvalue weighted by Crippen LogP contribution is 2.50. The summed E-state index contributed by atoms with van der Waals surface area (Å²) in [5.41, 5.74) is 11.2. The monoisotopic (exact) mass is 386 g/mol. The number of nitrogen functional groups attached to an aromatic ring is 1. The molecule has 8 heteroatoms. The normalized spacial score (nSPS) is 26.2. The lowest BCUT2D eigenvalue weighted by molar-refractivity contribution is -0.127. The molecule has 3 aliphatic rings. The molecule has 0 aliphatic heterocycles. The summed E-state index contributed by atoms with van der Waals surface area (Å²) in [6, 6.07) is 3.21. The van der Waals surface area contributed by atoms with Crippen molar-refractivity contribution in [3.8, 4) is 5.75 Å². The third-order valence-corrected chi connectivity index (χ3v) is 5.79. The van der Waals surface area contributed by atoms with Crippen LogP contribution >= 0.6 is 0 Å². The molecule has 0 aromatic heterocycles. The molecule has 0 saturated heterocycles. The number of phenolic OH excluding ortho intramolecular Hbond substituents is 1. The molecular formula is C20H22N2O6. The molecule has 0 bridgehead atoms. The van der Waals surface area contributed by atoms with Gasteiger partial charge in [0.2, 0.25) is 0 Å². The number of fused-ring (bicyclic) bond motifs is 3. The predicted octanol–water partition coefficient (Wildman–Crippen LogP) is 1.53. The number of carbonyl (C=O) groups excluding carboxylic acids is 3. The maximum atomic E-state index is 13.1. The fourth-order valence-corrected chi connectivity index (χ4v) is 4.63. The molecule has 0 heterocycles. The molecule has 8 nitrogen and oxygen atoms in total. The molecule has 1 aromatic rings. The zero-order valence-electron chi connectivity index (χ0n) is 14.2. The van der Waals surface area contributed by atoms with Crippen LogP contribution in [0.2, 0.25) is 0 Å². The third kappa shape index (κ3) is 2.48. The largest absolute Gasteiger partial charge is 0.511 e. The van der Waals surface area contributed by atoms with Crippen molar-refractivity contribution in [2.45, 2.75) is 26.7 Å². The minimum absolute atomic E-state index is 0. The van der Waals surface area contributed by atoms with Crippen LogP contribution in [0, 0.1) is 17.8 Å². The van der Waals surface area contributed by atoms with Gasteiger partial charge in [-0.3, -0.25) is 14.4 Å². The van der Waals surface area contributed by atoms with E-state index in [1.807, 2.05) is 0 Å². The van der Waals surface area contributed by atoms with Gasteiger partial charge in [-0.2, -0.15) is 0 Å². The number of carbonyl (C=O) groups is 3. The lowest BCUT2D eigenvalue weighted by atomic mass is 9.61. The topological polar surface area (TPSA) is 164 Å². The summed E-state index contributed by atoms with van der Waals surface area (Å²) in [6.45, 7) is 0. The number of amides is 1. The molecule has 7 N–H and O–H groups in total. The molecule has 3 unspecified atom stereocenters. The van der Waals surface area contributed by atoms with E-state index in [1.54, 1.807) is 6.07 Å². The first kappa shape index (κ1) is 19.5. The Bertz CT molecular complexity index is 991. The van der Waals surface area contributed by atoms with Crippen molar-refractivity contribution in [1.29, 1.82) is 0 Å².